The van der Waals surface area contributed by atoms with Crippen molar-refractivity contribution in [3.63, 3.8) is 0 Å². The number of carbonyl (C=O) groups is 1. The minimum absolute atomic E-state index is 0. The number of rotatable bonds is 7. The molecule has 0 saturated carbocycles. The van der Waals surface area contributed by atoms with Crippen LogP contribution >= 0.6 is 24.0 Å². The SMILES string of the molecule is CCOC(=O)C1CCCN(C(=NC)NCCNS(=O)(=O)c2cccnc2)C1.I. The summed E-state index contributed by atoms with van der Waals surface area (Å²) in [6, 6.07) is 3.07. The molecule has 0 spiro atoms. The van der Waals surface area contributed by atoms with Crippen molar-refractivity contribution in [2.45, 2.75) is 24.7 Å². The minimum Gasteiger partial charge on any atom is -0.466 e. The van der Waals surface area contributed by atoms with Gasteiger partial charge in [-0.25, -0.2) is 13.1 Å². The molecule has 1 aromatic rings. The third-order valence-corrected chi connectivity index (χ3v) is 5.64. The van der Waals surface area contributed by atoms with Gasteiger partial charge in [-0.3, -0.25) is 14.8 Å². The number of aromatic nitrogens is 1. The highest BCUT2D eigenvalue weighted by Crippen LogP contribution is 2.18. The van der Waals surface area contributed by atoms with Gasteiger partial charge >= 0.3 is 5.97 Å². The number of halogens is 1. The zero-order valence-corrected chi connectivity index (χ0v) is 19.3. The number of ether oxygens (including phenoxy) is 1. The van der Waals surface area contributed by atoms with Crippen LogP contribution in [0, 0.1) is 5.92 Å². The highest BCUT2D eigenvalue weighted by molar-refractivity contribution is 14.0. The second kappa shape index (κ2) is 12.2. The van der Waals surface area contributed by atoms with E-state index in [1.54, 1.807) is 20.0 Å². The number of aliphatic imine (C=N–C) groups is 1. The molecule has 1 aliphatic rings. The van der Waals surface area contributed by atoms with E-state index < -0.39 is 10.0 Å². The Morgan fingerprint density at radius 3 is 2.86 bits per heavy atom. The number of esters is 1. The second-order valence-corrected chi connectivity index (χ2v) is 7.86. The van der Waals surface area contributed by atoms with Crippen molar-refractivity contribution in [3.8, 4) is 0 Å². The monoisotopic (exact) mass is 525 g/mol. The molecule has 0 amide bonds. The molecule has 1 aliphatic heterocycles. The van der Waals surface area contributed by atoms with E-state index in [4.69, 9.17) is 4.74 Å². The highest BCUT2D eigenvalue weighted by Gasteiger charge is 2.28. The minimum atomic E-state index is -3.58. The van der Waals surface area contributed by atoms with Crippen LogP contribution in [0.25, 0.3) is 0 Å². The van der Waals surface area contributed by atoms with Gasteiger partial charge in [0.15, 0.2) is 5.96 Å². The van der Waals surface area contributed by atoms with E-state index in [-0.39, 0.29) is 47.3 Å². The van der Waals surface area contributed by atoms with Crippen LogP contribution < -0.4 is 10.0 Å². The lowest BCUT2D eigenvalue weighted by molar-refractivity contribution is -0.149. The predicted molar refractivity (Wildman–Crippen MR) is 117 cm³/mol. The van der Waals surface area contributed by atoms with Gasteiger partial charge in [0.05, 0.1) is 12.5 Å². The van der Waals surface area contributed by atoms with E-state index in [0.717, 1.165) is 19.4 Å². The largest absolute Gasteiger partial charge is 0.466 e. The van der Waals surface area contributed by atoms with Crippen LogP contribution in [0.15, 0.2) is 34.4 Å². The van der Waals surface area contributed by atoms with Crippen molar-refractivity contribution in [2.24, 2.45) is 10.9 Å². The predicted octanol–water partition coefficient (Wildman–Crippen LogP) is 0.828. The zero-order valence-electron chi connectivity index (χ0n) is 16.1. The Kier molecular flexibility index (Phi) is 10.7. The van der Waals surface area contributed by atoms with Crippen LogP contribution in [0.1, 0.15) is 19.8 Å². The molecule has 1 saturated heterocycles. The number of nitrogens with zero attached hydrogens (tertiary/aromatic N) is 3. The molecular formula is C17H28IN5O4S. The fourth-order valence-electron chi connectivity index (χ4n) is 2.90. The Bertz CT molecular complexity index is 745. The number of carbonyl (C=O) groups excluding carboxylic acids is 1. The Labute approximate surface area is 183 Å². The highest BCUT2D eigenvalue weighted by atomic mass is 127. The third-order valence-electron chi connectivity index (χ3n) is 4.20. The van der Waals surface area contributed by atoms with E-state index in [1.165, 1.54) is 18.5 Å². The van der Waals surface area contributed by atoms with Gasteiger partial charge < -0.3 is 15.0 Å². The van der Waals surface area contributed by atoms with E-state index in [0.29, 0.717) is 25.7 Å². The van der Waals surface area contributed by atoms with Gasteiger partial charge in [-0.05, 0) is 31.9 Å². The van der Waals surface area contributed by atoms with Crippen LogP contribution in [0.2, 0.25) is 0 Å². The Morgan fingerprint density at radius 2 is 2.21 bits per heavy atom. The molecule has 2 rings (SSSR count). The molecule has 0 radical (unpaired) electrons. The average molecular weight is 525 g/mol. The van der Waals surface area contributed by atoms with Gasteiger partial charge in [0.1, 0.15) is 4.90 Å². The van der Waals surface area contributed by atoms with Crippen LogP contribution in [-0.2, 0) is 19.6 Å². The number of nitrogens with one attached hydrogen (secondary N) is 2. The summed E-state index contributed by atoms with van der Waals surface area (Å²) in [7, 11) is -1.92. The summed E-state index contributed by atoms with van der Waals surface area (Å²) >= 11 is 0. The standard InChI is InChI=1S/C17H27N5O4S.HI/c1-3-26-16(23)14-6-5-11-22(13-14)17(18-2)20-9-10-21-27(24,25)15-7-4-8-19-12-15;/h4,7-8,12,14,21H,3,5-6,9-11,13H2,1-2H3,(H,18,20);1H. The molecule has 1 atom stereocenters. The summed E-state index contributed by atoms with van der Waals surface area (Å²) in [5, 5.41) is 3.14. The van der Waals surface area contributed by atoms with Crippen molar-refractivity contribution in [2.75, 3.05) is 39.8 Å². The lowest BCUT2D eigenvalue weighted by Gasteiger charge is -2.33. The quantitative estimate of drug-likeness (QED) is 0.178. The molecule has 28 heavy (non-hydrogen) atoms. The maximum Gasteiger partial charge on any atom is 0.310 e. The maximum atomic E-state index is 12.2. The van der Waals surface area contributed by atoms with Crippen LogP contribution in [0.5, 0.6) is 0 Å². The Balaban J connectivity index is 0.00000392. The molecule has 9 nitrogen and oxygen atoms in total. The third kappa shape index (κ3) is 7.17. The average Bonchev–Trinajstić information content (AvgIpc) is 2.69. The summed E-state index contributed by atoms with van der Waals surface area (Å²) in [5.74, 6) is 0.299. The summed E-state index contributed by atoms with van der Waals surface area (Å²) in [6.45, 7) is 4.07. The van der Waals surface area contributed by atoms with Crippen molar-refractivity contribution >= 4 is 45.9 Å². The lowest BCUT2D eigenvalue weighted by Crippen LogP contribution is -2.49. The molecule has 2 heterocycles. The molecule has 1 aromatic heterocycles. The molecule has 2 N–H and O–H groups in total. The Hall–Kier alpha value is -1.47. The summed E-state index contributed by atoms with van der Waals surface area (Å²) in [6.07, 6.45) is 4.50. The van der Waals surface area contributed by atoms with Crippen LogP contribution in [0.3, 0.4) is 0 Å². The van der Waals surface area contributed by atoms with Crippen LogP contribution in [-0.4, -0.2) is 70.1 Å². The first-order chi connectivity index (χ1) is 13.0. The van der Waals surface area contributed by atoms with Crippen molar-refractivity contribution in [1.29, 1.82) is 0 Å². The fourth-order valence-corrected chi connectivity index (χ4v) is 3.90. The van der Waals surface area contributed by atoms with Gasteiger partial charge in [0, 0.05) is 45.6 Å². The first-order valence-corrected chi connectivity index (χ1v) is 10.5. The number of piperidine rings is 1. The summed E-state index contributed by atoms with van der Waals surface area (Å²) in [4.78, 5) is 22.2. The fraction of sp³-hybridized carbons (Fsp3) is 0.588. The summed E-state index contributed by atoms with van der Waals surface area (Å²) in [5.41, 5.74) is 0. The zero-order chi connectivity index (χ0) is 19.7. The number of likely N-dealkylation sites (tertiary alicyclic amines) is 1. The summed E-state index contributed by atoms with van der Waals surface area (Å²) < 4.78 is 32.0. The van der Waals surface area contributed by atoms with Gasteiger partial charge in [-0.15, -0.1) is 24.0 Å². The van der Waals surface area contributed by atoms with Gasteiger partial charge in [-0.2, -0.15) is 0 Å². The topological polar surface area (TPSA) is 113 Å². The molecule has 0 aliphatic carbocycles. The van der Waals surface area contributed by atoms with E-state index in [9.17, 15) is 13.2 Å². The Morgan fingerprint density at radius 1 is 1.43 bits per heavy atom. The van der Waals surface area contributed by atoms with E-state index in [1.807, 2.05) is 4.90 Å². The van der Waals surface area contributed by atoms with Crippen molar-refractivity contribution in [1.82, 2.24) is 19.9 Å². The van der Waals surface area contributed by atoms with Crippen molar-refractivity contribution in [3.05, 3.63) is 24.5 Å². The molecule has 1 unspecified atom stereocenters. The first-order valence-electron chi connectivity index (χ1n) is 9.00. The lowest BCUT2D eigenvalue weighted by atomic mass is 9.98. The van der Waals surface area contributed by atoms with Gasteiger partial charge in [0.25, 0.3) is 0 Å². The first kappa shape index (κ1) is 24.6. The normalized spacial score (nSPS) is 17.6. The molecule has 0 aromatic carbocycles. The van der Waals surface area contributed by atoms with E-state index >= 15 is 0 Å². The number of pyridine rings is 1. The van der Waals surface area contributed by atoms with Gasteiger partial charge in [-0.1, -0.05) is 0 Å². The molecule has 11 heteroatoms. The maximum absolute atomic E-state index is 12.2. The van der Waals surface area contributed by atoms with Gasteiger partial charge in [0.2, 0.25) is 10.0 Å². The molecule has 1 fully saturated rings. The second-order valence-electron chi connectivity index (χ2n) is 6.10. The molecule has 158 valence electrons. The molecular weight excluding hydrogens is 497 g/mol. The molecule has 0 bridgehead atoms. The van der Waals surface area contributed by atoms with E-state index in [2.05, 4.69) is 20.0 Å². The van der Waals surface area contributed by atoms with Crippen LogP contribution in [0.4, 0.5) is 0 Å². The number of hydrogen-bond donors (Lipinski definition) is 2. The van der Waals surface area contributed by atoms with Crippen molar-refractivity contribution < 1.29 is 17.9 Å². The smallest absolute Gasteiger partial charge is 0.310 e. The number of hydrogen-bond acceptors (Lipinski definition) is 6. The number of guanidine groups is 1. The number of sulfonamides is 1.